The second-order valence-electron chi connectivity index (χ2n) is 5.26. The van der Waals surface area contributed by atoms with Crippen LogP contribution in [0.15, 0.2) is 18.2 Å². The fraction of sp³-hybridized carbons (Fsp3) is 0.500. The van der Waals surface area contributed by atoms with E-state index in [2.05, 4.69) is 0 Å². The largest absolute Gasteiger partial charge is 0.495 e. The van der Waals surface area contributed by atoms with E-state index in [0.717, 1.165) is 0 Å². The molecule has 0 radical (unpaired) electrons. The van der Waals surface area contributed by atoms with Crippen molar-refractivity contribution in [2.45, 2.75) is 12.7 Å². The van der Waals surface area contributed by atoms with Crippen molar-refractivity contribution in [2.24, 2.45) is 11.8 Å². The van der Waals surface area contributed by atoms with Gasteiger partial charge in [0.2, 0.25) is 0 Å². The van der Waals surface area contributed by atoms with Crippen molar-refractivity contribution in [1.29, 1.82) is 0 Å². The number of rotatable bonds is 4. The quantitative estimate of drug-likeness (QED) is 0.917. The van der Waals surface area contributed by atoms with Crippen molar-refractivity contribution in [3.05, 3.63) is 28.8 Å². The highest BCUT2D eigenvalue weighted by Crippen LogP contribution is 2.38. The summed E-state index contributed by atoms with van der Waals surface area (Å²) in [5, 5.41) is 9.34. The number of halogens is 4. The van der Waals surface area contributed by atoms with Crippen LogP contribution in [0.3, 0.4) is 0 Å². The zero-order chi connectivity index (χ0) is 16.5. The van der Waals surface area contributed by atoms with Crippen LogP contribution in [0.4, 0.5) is 13.2 Å². The number of nitrogens with zero attached hydrogens (tertiary/aromatic N) is 1. The van der Waals surface area contributed by atoms with Crippen LogP contribution < -0.4 is 4.74 Å². The van der Waals surface area contributed by atoms with Crippen LogP contribution in [0, 0.1) is 11.8 Å². The SMILES string of the molecule is COc1ccc(CN2C[C@@H](C(F)(F)F)[C@H](C(=O)O)C2)cc1Cl. The Bertz CT molecular complexity index is 565. The molecular weight excluding hydrogens is 323 g/mol. The first-order chi connectivity index (χ1) is 10.2. The molecule has 0 amide bonds. The zero-order valence-corrected chi connectivity index (χ0v) is 12.5. The fourth-order valence-corrected chi connectivity index (χ4v) is 2.94. The number of alkyl halides is 3. The van der Waals surface area contributed by atoms with E-state index in [1.165, 1.54) is 12.0 Å². The zero-order valence-electron chi connectivity index (χ0n) is 11.7. The molecule has 1 aromatic carbocycles. The third-order valence-electron chi connectivity index (χ3n) is 3.76. The summed E-state index contributed by atoms with van der Waals surface area (Å²) >= 11 is 5.98. The molecule has 1 fully saturated rings. The van der Waals surface area contributed by atoms with E-state index in [-0.39, 0.29) is 19.6 Å². The van der Waals surface area contributed by atoms with Gasteiger partial charge in [-0.3, -0.25) is 9.69 Å². The molecule has 0 spiro atoms. The van der Waals surface area contributed by atoms with Crippen LogP contribution in [0.5, 0.6) is 5.75 Å². The summed E-state index contributed by atoms with van der Waals surface area (Å²) in [6, 6.07) is 4.93. The lowest BCUT2D eigenvalue weighted by molar-refractivity contribution is -0.188. The lowest BCUT2D eigenvalue weighted by Crippen LogP contribution is -2.33. The molecule has 1 aliphatic heterocycles. The number of hydrogen-bond donors (Lipinski definition) is 1. The number of ether oxygens (including phenoxy) is 1. The number of carboxylic acid groups (broad SMARTS) is 1. The van der Waals surface area contributed by atoms with Crippen LogP contribution in [0.2, 0.25) is 5.02 Å². The average Bonchev–Trinajstić information content (AvgIpc) is 2.83. The van der Waals surface area contributed by atoms with Crippen molar-refractivity contribution in [3.63, 3.8) is 0 Å². The summed E-state index contributed by atoms with van der Waals surface area (Å²) in [7, 11) is 1.47. The summed E-state index contributed by atoms with van der Waals surface area (Å²) in [5.74, 6) is -4.23. The van der Waals surface area contributed by atoms with Gasteiger partial charge in [-0.2, -0.15) is 13.2 Å². The maximum atomic E-state index is 12.9. The normalized spacial score (nSPS) is 22.8. The summed E-state index contributed by atoms with van der Waals surface area (Å²) in [6.45, 7) is -0.257. The molecule has 0 aromatic heterocycles. The second kappa shape index (κ2) is 6.34. The second-order valence-corrected chi connectivity index (χ2v) is 5.66. The van der Waals surface area contributed by atoms with Crippen LogP contribution in [-0.4, -0.2) is 42.4 Å². The molecule has 0 aliphatic carbocycles. The van der Waals surface area contributed by atoms with Crippen LogP contribution in [0.1, 0.15) is 5.56 Å². The molecule has 122 valence electrons. The monoisotopic (exact) mass is 337 g/mol. The first-order valence-electron chi connectivity index (χ1n) is 6.56. The maximum absolute atomic E-state index is 12.9. The van der Waals surface area contributed by atoms with Gasteiger partial charge in [-0.25, -0.2) is 0 Å². The van der Waals surface area contributed by atoms with Gasteiger partial charge in [0.15, 0.2) is 0 Å². The molecule has 8 heteroatoms. The molecule has 4 nitrogen and oxygen atoms in total. The number of carbonyl (C=O) groups is 1. The minimum atomic E-state index is -4.52. The minimum Gasteiger partial charge on any atom is -0.495 e. The van der Waals surface area contributed by atoms with Gasteiger partial charge >= 0.3 is 12.1 Å². The highest BCUT2D eigenvalue weighted by molar-refractivity contribution is 6.32. The van der Waals surface area contributed by atoms with Gasteiger partial charge in [-0.05, 0) is 17.7 Å². The van der Waals surface area contributed by atoms with E-state index in [4.69, 9.17) is 21.4 Å². The van der Waals surface area contributed by atoms with Crippen molar-refractivity contribution in [3.8, 4) is 5.75 Å². The molecule has 1 N–H and O–H groups in total. The Kier molecular flexibility index (Phi) is 4.87. The predicted octanol–water partition coefficient (Wildman–Crippen LogP) is 3.04. The van der Waals surface area contributed by atoms with Crippen LogP contribution in [0.25, 0.3) is 0 Å². The highest BCUT2D eigenvalue weighted by Gasteiger charge is 2.52. The number of likely N-dealkylation sites (tertiary alicyclic amines) is 1. The molecule has 1 aromatic rings. The summed E-state index contributed by atoms with van der Waals surface area (Å²) < 4.78 is 43.8. The molecule has 2 atom stereocenters. The Labute approximate surface area is 130 Å². The minimum absolute atomic E-state index is 0.136. The van der Waals surface area contributed by atoms with Crippen molar-refractivity contribution >= 4 is 17.6 Å². The van der Waals surface area contributed by atoms with E-state index in [1.807, 2.05) is 0 Å². The Morgan fingerprint density at radius 2 is 2.14 bits per heavy atom. The summed E-state index contributed by atoms with van der Waals surface area (Å²) in [4.78, 5) is 12.5. The molecule has 1 aliphatic rings. The molecule has 0 saturated carbocycles. The maximum Gasteiger partial charge on any atom is 0.393 e. The van der Waals surface area contributed by atoms with Gasteiger partial charge in [0, 0.05) is 19.6 Å². The van der Waals surface area contributed by atoms with E-state index >= 15 is 0 Å². The number of methoxy groups -OCH3 is 1. The number of benzene rings is 1. The van der Waals surface area contributed by atoms with E-state index in [1.54, 1.807) is 18.2 Å². The fourth-order valence-electron chi connectivity index (χ4n) is 2.66. The van der Waals surface area contributed by atoms with Gasteiger partial charge in [-0.1, -0.05) is 17.7 Å². The van der Waals surface area contributed by atoms with Crippen molar-refractivity contribution < 1.29 is 27.8 Å². The summed E-state index contributed by atoms with van der Waals surface area (Å²) in [5.41, 5.74) is 0.706. The van der Waals surface area contributed by atoms with E-state index in [9.17, 15) is 18.0 Å². The smallest absolute Gasteiger partial charge is 0.393 e. The average molecular weight is 338 g/mol. The third kappa shape index (κ3) is 3.64. The van der Waals surface area contributed by atoms with Gasteiger partial charge in [0.1, 0.15) is 5.75 Å². The van der Waals surface area contributed by atoms with Gasteiger partial charge in [0.25, 0.3) is 0 Å². The van der Waals surface area contributed by atoms with Crippen molar-refractivity contribution in [2.75, 3.05) is 20.2 Å². The molecule has 0 bridgehead atoms. The number of hydrogen-bond acceptors (Lipinski definition) is 3. The Balaban J connectivity index is 2.11. The Morgan fingerprint density at radius 3 is 2.59 bits per heavy atom. The number of aliphatic carboxylic acids is 1. The molecule has 2 rings (SSSR count). The first kappa shape index (κ1) is 16.9. The van der Waals surface area contributed by atoms with Gasteiger partial charge < -0.3 is 9.84 Å². The topological polar surface area (TPSA) is 49.8 Å². The standard InChI is InChI=1S/C14H15ClF3NO3/c1-22-12-3-2-8(4-11(12)15)5-19-6-9(13(20)21)10(7-19)14(16,17)18/h2-4,9-10H,5-7H2,1H3,(H,20,21)/t9-,10-/m1/s1. The van der Waals surface area contributed by atoms with E-state index < -0.39 is 24.0 Å². The van der Waals surface area contributed by atoms with Gasteiger partial charge in [-0.15, -0.1) is 0 Å². The lowest BCUT2D eigenvalue weighted by atomic mass is 9.96. The predicted molar refractivity (Wildman–Crippen MR) is 74.0 cm³/mol. The Hall–Kier alpha value is -1.47. The van der Waals surface area contributed by atoms with E-state index in [0.29, 0.717) is 16.3 Å². The molecule has 1 saturated heterocycles. The van der Waals surface area contributed by atoms with Crippen LogP contribution >= 0.6 is 11.6 Å². The lowest BCUT2D eigenvalue weighted by Gasteiger charge is -2.18. The van der Waals surface area contributed by atoms with Crippen molar-refractivity contribution in [1.82, 2.24) is 4.90 Å². The first-order valence-corrected chi connectivity index (χ1v) is 6.94. The van der Waals surface area contributed by atoms with Crippen LogP contribution in [-0.2, 0) is 11.3 Å². The van der Waals surface area contributed by atoms with Gasteiger partial charge in [0.05, 0.1) is 24.0 Å². The highest BCUT2D eigenvalue weighted by atomic mass is 35.5. The molecule has 1 heterocycles. The molecule has 22 heavy (non-hydrogen) atoms. The molecular formula is C14H15ClF3NO3. The number of carboxylic acids is 1. The third-order valence-corrected chi connectivity index (χ3v) is 4.05. The molecule has 0 unspecified atom stereocenters. The summed E-state index contributed by atoms with van der Waals surface area (Å²) in [6.07, 6.45) is -4.52. The Morgan fingerprint density at radius 1 is 1.45 bits per heavy atom.